The van der Waals surface area contributed by atoms with Crippen molar-refractivity contribution >= 4 is 53.4 Å². The number of rotatable bonds is 29. The van der Waals surface area contributed by atoms with Crippen LogP contribution in [0.15, 0.2) is 29.3 Å². The maximum Gasteiger partial charge on any atom is 0.326 e. The number of unbranched alkanes of at least 4 members (excludes halogenated alkanes) is 1. The molecule has 1 aromatic rings. The molecule has 0 spiro atoms. The molecule has 1 rings (SSSR count). The number of hydrogen-bond acceptors (Lipinski definition) is 12. The number of phenols is 1. The summed E-state index contributed by atoms with van der Waals surface area (Å²) in [4.78, 5) is 107. The molecule has 22 nitrogen and oxygen atoms in total. The Morgan fingerprint density at radius 2 is 1.14 bits per heavy atom. The minimum atomic E-state index is -1.59. The Hall–Kier alpha value is -6.03. The van der Waals surface area contributed by atoms with Gasteiger partial charge in [-0.3, -0.25) is 38.6 Å². The largest absolute Gasteiger partial charge is 0.508 e. The number of carboxylic acids is 3. The molecule has 17 N–H and O–H groups in total. The third-order valence-corrected chi connectivity index (χ3v) is 9.22. The van der Waals surface area contributed by atoms with Gasteiger partial charge in [-0.2, -0.15) is 0 Å². The molecule has 0 fully saturated rings. The van der Waals surface area contributed by atoms with Gasteiger partial charge in [-0.05, 0) is 81.5 Å². The van der Waals surface area contributed by atoms with Crippen molar-refractivity contribution < 1.29 is 58.8 Å². The van der Waals surface area contributed by atoms with E-state index >= 15 is 0 Å². The third kappa shape index (κ3) is 20.3. The van der Waals surface area contributed by atoms with Gasteiger partial charge >= 0.3 is 17.9 Å². The predicted octanol–water partition coefficient (Wildman–Crippen LogP) is -2.27. The second-order valence-corrected chi connectivity index (χ2v) is 14.0. The molecule has 0 aliphatic carbocycles. The first-order valence-corrected chi connectivity index (χ1v) is 19.3. The first-order valence-electron chi connectivity index (χ1n) is 19.3. The molecular weight excluding hydrogens is 776 g/mol. The summed E-state index contributed by atoms with van der Waals surface area (Å²) in [7, 11) is 0. The Morgan fingerprint density at radius 1 is 0.661 bits per heavy atom. The number of guanidine groups is 1. The molecule has 0 aliphatic rings. The Bertz CT molecular complexity index is 1610. The van der Waals surface area contributed by atoms with Crippen LogP contribution < -0.4 is 49.5 Å². The van der Waals surface area contributed by atoms with Crippen molar-refractivity contribution in [3.05, 3.63) is 29.8 Å². The third-order valence-electron chi connectivity index (χ3n) is 9.22. The molecule has 0 heterocycles. The second kappa shape index (κ2) is 26.8. The lowest BCUT2D eigenvalue weighted by Gasteiger charge is -2.29. The lowest BCUT2D eigenvalue weighted by Crippen LogP contribution is -2.60. The van der Waals surface area contributed by atoms with Crippen LogP contribution in [0.25, 0.3) is 0 Å². The molecule has 0 aliphatic heterocycles. The van der Waals surface area contributed by atoms with Crippen LogP contribution in [0.2, 0.25) is 0 Å². The number of carbonyl (C=O) groups excluding carboxylic acids is 5. The molecule has 5 amide bonds. The fourth-order valence-electron chi connectivity index (χ4n) is 5.62. The van der Waals surface area contributed by atoms with Gasteiger partial charge in [-0.25, -0.2) is 4.79 Å². The van der Waals surface area contributed by atoms with Crippen LogP contribution in [0.1, 0.15) is 83.6 Å². The quantitative estimate of drug-likeness (QED) is 0.0230. The van der Waals surface area contributed by atoms with Crippen molar-refractivity contribution in [3.63, 3.8) is 0 Å². The van der Waals surface area contributed by atoms with Gasteiger partial charge in [0.1, 0.15) is 36.0 Å². The number of amides is 5. The van der Waals surface area contributed by atoms with Gasteiger partial charge in [0.25, 0.3) is 0 Å². The van der Waals surface area contributed by atoms with Gasteiger partial charge in [0, 0.05) is 19.4 Å². The zero-order valence-corrected chi connectivity index (χ0v) is 33.4. The van der Waals surface area contributed by atoms with Gasteiger partial charge in [-0.15, -0.1) is 0 Å². The van der Waals surface area contributed by atoms with E-state index < -0.39 is 115 Å². The highest BCUT2D eigenvalue weighted by atomic mass is 16.4. The van der Waals surface area contributed by atoms with Gasteiger partial charge in [0.2, 0.25) is 29.5 Å². The number of nitrogens with one attached hydrogen (secondary N) is 5. The average Bonchev–Trinajstić information content (AvgIpc) is 3.17. The van der Waals surface area contributed by atoms with E-state index in [4.69, 9.17) is 22.9 Å². The molecule has 7 atom stereocenters. The number of benzene rings is 1. The molecule has 0 saturated heterocycles. The molecule has 0 aromatic heterocycles. The topological polar surface area (TPSA) is 394 Å². The Morgan fingerprint density at radius 3 is 1.61 bits per heavy atom. The van der Waals surface area contributed by atoms with Crippen LogP contribution in [0.4, 0.5) is 0 Å². The molecule has 0 saturated carbocycles. The predicted molar refractivity (Wildman–Crippen MR) is 213 cm³/mol. The van der Waals surface area contributed by atoms with E-state index in [0.717, 1.165) is 0 Å². The SMILES string of the molecule is CCC(C)C(NC(=O)C(CCC(=O)O)NC(=O)C(CCCN=C(N)N)NC(=O)C(CCC(=O)O)NC(=O)C(N)Cc1ccc(O)cc1)C(=O)NC(CCCCN)C(=O)O. The van der Waals surface area contributed by atoms with Crippen molar-refractivity contribution in [1.82, 2.24) is 26.6 Å². The van der Waals surface area contributed by atoms with Gasteiger partial charge in [-0.1, -0.05) is 32.4 Å². The van der Waals surface area contributed by atoms with Crippen molar-refractivity contribution in [2.75, 3.05) is 13.1 Å². The second-order valence-electron chi connectivity index (χ2n) is 14.0. The highest BCUT2D eigenvalue weighted by Gasteiger charge is 2.34. The number of hydrogen-bond donors (Lipinski definition) is 13. The fraction of sp³-hybridized carbons (Fsp3) is 0.595. The maximum atomic E-state index is 13.9. The minimum absolute atomic E-state index is 0.00847. The summed E-state index contributed by atoms with van der Waals surface area (Å²) < 4.78 is 0. The van der Waals surface area contributed by atoms with Crippen LogP contribution in [0.3, 0.4) is 0 Å². The van der Waals surface area contributed by atoms with E-state index in [1.807, 2.05) is 0 Å². The highest BCUT2D eigenvalue weighted by Crippen LogP contribution is 2.13. The van der Waals surface area contributed by atoms with E-state index in [2.05, 4.69) is 31.6 Å². The molecule has 59 heavy (non-hydrogen) atoms. The van der Waals surface area contributed by atoms with Crippen molar-refractivity contribution in [3.8, 4) is 5.75 Å². The molecule has 330 valence electrons. The number of nitrogens with two attached hydrogens (primary N) is 4. The first kappa shape index (κ1) is 51.0. The van der Waals surface area contributed by atoms with Crippen LogP contribution in [0, 0.1) is 5.92 Å². The summed E-state index contributed by atoms with van der Waals surface area (Å²) in [5, 5.41) is 50.3. The molecule has 0 bridgehead atoms. The highest BCUT2D eigenvalue weighted by molar-refractivity contribution is 5.96. The number of aliphatic carboxylic acids is 3. The molecule has 22 heteroatoms. The van der Waals surface area contributed by atoms with Gasteiger partial charge < -0.3 is 69.9 Å². The summed E-state index contributed by atoms with van der Waals surface area (Å²) in [6.07, 6.45) is -0.833. The first-order chi connectivity index (χ1) is 27.8. The molecule has 7 unspecified atom stereocenters. The van der Waals surface area contributed by atoms with E-state index in [-0.39, 0.29) is 43.9 Å². The number of phenolic OH excluding ortho intramolecular Hbond substituents is 1. The maximum absolute atomic E-state index is 13.9. The zero-order chi connectivity index (χ0) is 44.7. The van der Waals surface area contributed by atoms with Crippen molar-refractivity contribution in [2.24, 2.45) is 33.8 Å². The van der Waals surface area contributed by atoms with Crippen LogP contribution in [0.5, 0.6) is 5.75 Å². The summed E-state index contributed by atoms with van der Waals surface area (Å²) >= 11 is 0. The number of carbonyl (C=O) groups is 8. The Kier molecular flexibility index (Phi) is 23.2. The smallest absolute Gasteiger partial charge is 0.326 e. The van der Waals surface area contributed by atoms with E-state index in [0.29, 0.717) is 31.4 Å². The minimum Gasteiger partial charge on any atom is -0.508 e. The van der Waals surface area contributed by atoms with Crippen molar-refractivity contribution in [2.45, 2.75) is 121 Å². The lowest BCUT2D eigenvalue weighted by molar-refractivity contribution is -0.143. The Labute approximate surface area is 341 Å². The van der Waals surface area contributed by atoms with Crippen LogP contribution >= 0.6 is 0 Å². The van der Waals surface area contributed by atoms with Gasteiger partial charge in [0.15, 0.2) is 5.96 Å². The number of aliphatic imine (C=N–C) groups is 1. The summed E-state index contributed by atoms with van der Waals surface area (Å²) in [5.41, 5.74) is 23.0. The lowest BCUT2D eigenvalue weighted by atomic mass is 9.96. The fourth-order valence-corrected chi connectivity index (χ4v) is 5.62. The number of nitrogens with zero attached hydrogens (tertiary/aromatic N) is 1. The summed E-state index contributed by atoms with van der Waals surface area (Å²) in [6.45, 7) is 3.66. The standard InChI is InChI=1S/C37H60N10O12/c1-3-20(2)30(35(57)46-27(36(58)59)7-4-5-17-38)47-34(56)26(14-16-29(51)52)45-32(54)24(8-6-18-42-37(40)41)44-33(55)25(13-15-28(49)50)43-31(53)23(39)19-21-9-11-22(48)12-10-21/h9-12,20,23-27,30,48H,3-8,13-19,38-39H2,1-2H3,(H,43,53)(H,44,55)(H,45,54)(H,46,57)(H,47,56)(H,49,50)(H,51,52)(H,58,59)(H4,40,41,42). The number of carboxylic acid groups (broad SMARTS) is 3. The zero-order valence-electron chi connectivity index (χ0n) is 33.4. The summed E-state index contributed by atoms with van der Waals surface area (Å²) in [6, 6.07) is -2.53. The summed E-state index contributed by atoms with van der Waals surface area (Å²) in [5.74, 6) is -9.34. The monoisotopic (exact) mass is 836 g/mol. The van der Waals surface area contributed by atoms with Crippen LogP contribution in [-0.2, 0) is 44.8 Å². The number of aromatic hydroxyl groups is 1. The normalized spacial score (nSPS) is 14.4. The van der Waals surface area contributed by atoms with Gasteiger partial charge in [0.05, 0.1) is 6.04 Å². The van der Waals surface area contributed by atoms with Crippen LogP contribution in [-0.4, -0.2) is 123 Å². The Balaban J connectivity index is 3.38. The van der Waals surface area contributed by atoms with E-state index in [1.54, 1.807) is 13.8 Å². The van der Waals surface area contributed by atoms with E-state index in [1.165, 1.54) is 24.3 Å². The van der Waals surface area contributed by atoms with E-state index in [9.17, 15) is 58.8 Å². The molecule has 1 aromatic carbocycles. The average molecular weight is 837 g/mol. The molecule has 0 radical (unpaired) electrons. The van der Waals surface area contributed by atoms with Crippen molar-refractivity contribution in [1.29, 1.82) is 0 Å². The molecular formula is C37H60N10O12.